The Labute approximate surface area is 216 Å². The summed E-state index contributed by atoms with van der Waals surface area (Å²) in [5.41, 5.74) is 1.86. The second kappa shape index (κ2) is 10.9. The number of amidine groups is 1. The summed E-state index contributed by atoms with van der Waals surface area (Å²) in [7, 11) is 3.14. The number of amides is 1. The molecule has 7 nitrogen and oxygen atoms in total. The van der Waals surface area contributed by atoms with Gasteiger partial charge in [-0.05, 0) is 82.7 Å². The number of para-hydroxylation sites is 4. The fraction of sp³-hybridized carbons (Fsp3) is 0.154. The first-order valence-corrected chi connectivity index (χ1v) is 12.3. The van der Waals surface area contributed by atoms with Crippen LogP contribution in [0.4, 0.5) is 11.4 Å². The van der Waals surface area contributed by atoms with Crippen molar-refractivity contribution in [2.24, 2.45) is 4.99 Å². The molecule has 1 heterocycles. The largest absolute Gasteiger partial charge is 0.503 e. The van der Waals surface area contributed by atoms with E-state index in [-0.39, 0.29) is 11.7 Å². The highest BCUT2D eigenvalue weighted by Gasteiger charge is 2.36. The van der Waals surface area contributed by atoms with E-state index in [4.69, 9.17) is 19.2 Å². The van der Waals surface area contributed by atoms with Crippen LogP contribution in [0.15, 0.2) is 75.0 Å². The van der Waals surface area contributed by atoms with E-state index in [0.717, 1.165) is 0 Å². The molecular formula is C26H23BrN2O5S. The Balaban J connectivity index is 1.84. The molecule has 3 aromatic rings. The lowest BCUT2D eigenvalue weighted by Crippen LogP contribution is -2.29. The van der Waals surface area contributed by atoms with Crippen LogP contribution in [0, 0.1) is 0 Å². The smallest absolute Gasteiger partial charge is 0.271 e. The lowest BCUT2D eigenvalue weighted by molar-refractivity contribution is -0.113. The lowest BCUT2D eigenvalue weighted by Gasteiger charge is -2.18. The third-order valence-corrected chi connectivity index (χ3v) is 6.66. The van der Waals surface area contributed by atoms with Crippen LogP contribution < -0.4 is 19.1 Å². The molecule has 1 fully saturated rings. The van der Waals surface area contributed by atoms with Crippen molar-refractivity contribution in [3.8, 4) is 23.0 Å². The number of carbonyl (C=O) groups excluding carboxylic acids is 1. The van der Waals surface area contributed by atoms with Crippen LogP contribution >= 0.6 is 27.7 Å². The van der Waals surface area contributed by atoms with Gasteiger partial charge < -0.3 is 19.3 Å². The zero-order chi connectivity index (χ0) is 24.9. The maximum atomic E-state index is 13.7. The molecule has 180 valence electrons. The number of methoxy groups -OCH3 is 2. The number of phenolic OH excluding ortho intramolecular Hbond substituents is 1. The number of aliphatic imine (C=N–C) groups is 1. The Kier molecular flexibility index (Phi) is 7.67. The minimum Gasteiger partial charge on any atom is -0.503 e. The predicted molar refractivity (Wildman–Crippen MR) is 143 cm³/mol. The first kappa shape index (κ1) is 24.7. The Hall–Kier alpha value is -3.43. The summed E-state index contributed by atoms with van der Waals surface area (Å²) in [6.45, 7) is 2.23. The van der Waals surface area contributed by atoms with Gasteiger partial charge in [0.25, 0.3) is 5.91 Å². The summed E-state index contributed by atoms with van der Waals surface area (Å²) >= 11 is 4.59. The average Bonchev–Trinajstić information content (AvgIpc) is 3.16. The van der Waals surface area contributed by atoms with Crippen molar-refractivity contribution in [2.45, 2.75) is 6.92 Å². The first-order valence-electron chi connectivity index (χ1n) is 10.7. The molecule has 0 atom stereocenters. The maximum Gasteiger partial charge on any atom is 0.271 e. The Morgan fingerprint density at radius 1 is 1.03 bits per heavy atom. The number of ether oxygens (including phenoxy) is 3. The van der Waals surface area contributed by atoms with Crippen molar-refractivity contribution in [3.05, 3.63) is 75.6 Å². The van der Waals surface area contributed by atoms with E-state index in [1.54, 1.807) is 38.5 Å². The molecule has 1 N–H and O–H groups in total. The summed E-state index contributed by atoms with van der Waals surface area (Å²) in [5, 5.41) is 10.7. The number of hydrogen-bond acceptors (Lipinski definition) is 7. The van der Waals surface area contributed by atoms with Gasteiger partial charge in [0.1, 0.15) is 17.2 Å². The van der Waals surface area contributed by atoms with Gasteiger partial charge in [-0.1, -0.05) is 24.3 Å². The van der Waals surface area contributed by atoms with E-state index in [9.17, 15) is 9.90 Å². The number of phenols is 1. The number of benzene rings is 3. The molecule has 35 heavy (non-hydrogen) atoms. The molecule has 0 aliphatic carbocycles. The van der Waals surface area contributed by atoms with Crippen LogP contribution in [0.2, 0.25) is 0 Å². The number of hydrogen-bond donors (Lipinski definition) is 1. The molecule has 0 aromatic heterocycles. The summed E-state index contributed by atoms with van der Waals surface area (Å²) in [6, 6.07) is 18.0. The van der Waals surface area contributed by atoms with Crippen molar-refractivity contribution >= 4 is 56.2 Å². The van der Waals surface area contributed by atoms with Crippen molar-refractivity contribution in [2.75, 3.05) is 25.7 Å². The molecule has 0 bridgehead atoms. The Bertz CT molecular complexity index is 1320. The quantitative estimate of drug-likeness (QED) is 0.341. The Morgan fingerprint density at radius 2 is 1.71 bits per heavy atom. The van der Waals surface area contributed by atoms with Gasteiger partial charge in [0.2, 0.25) is 0 Å². The van der Waals surface area contributed by atoms with Crippen LogP contribution in [0.25, 0.3) is 6.08 Å². The third kappa shape index (κ3) is 5.16. The van der Waals surface area contributed by atoms with E-state index < -0.39 is 0 Å². The lowest BCUT2D eigenvalue weighted by atomic mass is 10.1. The van der Waals surface area contributed by atoms with Crippen molar-refractivity contribution in [1.29, 1.82) is 0 Å². The fourth-order valence-corrected chi connectivity index (χ4v) is 4.94. The minimum absolute atomic E-state index is 0.00785. The van der Waals surface area contributed by atoms with Gasteiger partial charge in [-0.25, -0.2) is 4.99 Å². The van der Waals surface area contributed by atoms with Gasteiger partial charge in [-0.3, -0.25) is 9.69 Å². The molecule has 1 saturated heterocycles. The van der Waals surface area contributed by atoms with Crippen LogP contribution in [-0.2, 0) is 4.79 Å². The molecule has 0 spiro atoms. The summed E-state index contributed by atoms with van der Waals surface area (Å²) in [5.74, 6) is 1.22. The average molecular weight is 555 g/mol. The van der Waals surface area contributed by atoms with Crippen molar-refractivity contribution in [1.82, 2.24) is 0 Å². The highest BCUT2D eigenvalue weighted by atomic mass is 79.9. The number of nitrogens with zero attached hydrogens (tertiary/aromatic N) is 2. The molecule has 0 unspecified atom stereocenters. The molecule has 3 aromatic carbocycles. The third-order valence-electron chi connectivity index (χ3n) is 5.08. The molecule has 4 rings (SSSR count). The SMILES string of the molecule is CCOc1cc(/C=C2\SC(=Nc3ccccc3OC)N(c3ccccc3OC)C2=O)cc(Br)c1O. The Morgan fingerprint density at radius 3 is 2.43 bits per heavy atom. The summed E-state index contributed by atoms with van der Waals surface area (Å²) in [6.07, 6.45) is 1.74. The van der Waals surface area contributed by atoms with Gasteiger partial charge >= 0.3 is 0 Å². The van der Waals surface area contributed by atoms with E-state index >= 15 is 0 Å². The minimum atomic E-state index is -0.254. The van der Waals surface area contributed by atoms with Gasteiger partial charge in [0, 0.05) is 0 Å². The zero-order valence-electron chi connectivity index (χ0n) is 19.3. The molecule has 9 heteroatoms. The molecule has 1 aliphatic rings. The standard InChI is InChI=1S/C26H23BrN2O5S/c1-4-34-22-14-16(13-17(27)24(22)30)15-23-25(31)29(19-10-6-8-12-21(19)33-3)26(35-23)28-18-9-5-7-11-20(18)32-2/h5-15,30H,4H2,1-3H3/b23-15-,28-26?. The number of anilines is 1. The van der Waals surface area contributed by atoms with Gasteiger partial charge in [0.05, 0.1) is 35.9 Å². The van der Waals surface area contributed by atoms with Gasteiger partial charge in [-0.15, -0.1) is 0 Å². The van der Waals surface area contributed by atoms with Crippen molar-refractivity contribution < 1.29 is 24.1 Å². The number of halogens is 1. The summed E-state index contributed by atoms with van der Waals surface area (Å²) in [4.78, 5) is 20.4. The predicted octanol–water partition coefficient (Wildman–Crippen LogP) is 6.38. The van der Waals surface area contributed by atoms with E-state index in [0.29, 0.717) is 55.3 Å². The topological polar surface area (TPSA) is 80.6 Å². The van der Waals surface area contributed by atoms with Crippen LogP contribution in [-0.4, -0.2) is 37.0 Å². The molecule has 1 aliphatic heterocycles. The number of thioether (sulfide) groups is 1. The van der Waals surface area contributed by atoms with Crippen LogP contribution in [0.1, 0.15) is 12.5 Å². The van der Waals surface area contributed by atoms with E-state index in [1.807, 2.05) is 49.4 Å². The highest BCUT2D eigenvalue weighted by Crippen LogP contribution is 2.43. The second-order valence-electron chi connectivity index (χ2n) is 7.27. The molecule has 0 saturated carbocycles. The van der Waals surface area contributed by atoms with E-state index in [2.05, 4.69) is 15.9 Å². The maximum absolute atomic E-state index is 13.7. The van der Waals surface area contributed by atoms with Crippen LogP contribution in [0.3, 0.4) is 0 Å². The zero-order valence-corrected chi connectivity index (χ0v) is 21.7. The van der Waals surface area contributed by atoms with Gasteiger partial charge in [0.15, 0.2) is 16.7 Å². The van der Waals surface area contributed by atoms with Crippen molar-refractivity contribution in [3.63, 3.8) is 0 Å². The number of rotatable bonds is 7. The molecule has 1 amide bonds. The first-order chi connectivity index (χ1) is 17.0. The normalized spacial score (nSPS) is 15.7. The second-order valence-corrected chi connectivity index (χ2v) is 9.14. The van der Waals surface area contributed by atoms with Gasteiger partial charge in [-0.2, -0.15) is 0 Å². The summed E-state index contributed by atoms with van der Waals surface area (Å²) < 4.78 is 17.0. The van der Waals surface area contributed by atoms with Crippen LogP contribution in [0.5, 0.6) is 23.0 Å². The number of carbonyl (C=O) groups is 1. The number of aromatic hydroxyl groups is 1. The van der Waals surface area contributed by atoms with E-state index in [1.165, 1.54) is 16.7 Å². The monoisotopic (exact) mass is 554 g/mol. The molecular weight excluding hydrogens is 532 g/mol. The molecule has 0 radical (unpaired) electrons. The fourth-order valence-electron chi connectivity index (χ4n) is 3.49. The highest BCUT2D eigenvalue weighted by molar-refractivity contribution is 9.10.